The number of benzene rings is 1. The van der Waals surface area contributed by atoms with Crippen LogP contribution in [-0.2, 0) is 12.8 Å². The van der Waals surface area contributed by atoms with Crippen molar-refractivity contribution in [3.8, 4) is 0 Å². The molecular weight excluding hydrogens is 377 g/mol. The van der Waals surface area contributed by atoms with Gasteiger partial charge in [-0.15, -0.1) is 11.3 Å². The highest BCUT2D eigenvalue weighted by molar-refractivity contribution is 14.1. The summed E-state index contributed by atoms with van der Waals surface area (Å²) in [5, 5.41) is 3.72. The van der Waals surface area contributed by atoms with E-state index in [0.717, 1.165) is 0 Å². The largest absolute Gasteiger partial charge is 0.378 e. The molecule has 1 atom stereocenters. The molecule has 1 nitrogen and oxygen atoms in total. The zero-order chi connectivity index (χ0) is 13.9. The molecule has 1 unspecified atom stereocenters. The summed E-state index contributed by atoms with van der Waals surface area (Å²) in [7, 11) is 0. The van der Waals surface area contributed by atoms with Gasteiger partial charge >= 0.3 is 0 Å². The van der Waals surface area contributed by atoms with Crippen LogP contribution in [-0.4, -0.2) is 0 Å². The van der Waals surface area contributed by atoms with E-state index in [1.807, 2.05) is 11.3 Å². The van der Waals surface area contributed by atoms with Gasteiger partial charge in [-0.3, -0.25) is 0 Å². The Kier molecular flexibility index (Phi) is 4.66. The molecule has 1 aromatic heterocycles. The Labute approximate surface area is 138 Å². The number of aryl methyl sites for hydroxylation is 2. The molecule has 2 aromatic rings. The first kappa shape index (κ1) is 14.4. The maximum atomic E-state index is 3.72. The van der Waals surface area contributed by atoms with E-state index < -0.39 is 0 Å². The van der Waals surface area contributed by atoms with Gasteiger partial charge in [0.25, 0.3) is 0 Å². The summed E-state index contributed by atoms with van der Waals surface area (Å²) in [6.07, 6.45) is 6.20. The molecule has 0 aliphatic heterocycles. The molecule has 0 spiro atoms. The van der Waals surface area contributed by atoms with Gasteiger partial charge in [0.15, 0.2) is 0 Å². The highest BCUT2D eigenvalue weighted by Crippen LogP contribution is 2.38. The number of halogens is 1. The van der Waals surface area contributed by atoms with Crippen molar-refractivity contribution < 1.29 is 0 Å². The van der Waals surface area contributed by atoms with Gasteiger partial charge in [-0.25, -0.2) is 0 Å². The summed E-state index contributed by atoms with van der Waals surface area (Å²) in [5.41, 5.74) is 4.22. The van der Waals surface area contributed by atoms with E-state index in [0.29, 0.717) is 6.04 Å². The first-order valence-corrected chi connectivity index (χ1v) is 9.29. The molecule has 1 aromatic carbocycles. The molecule has 3 rings (SSSR count). The third-order valence-electron chi connectivity index (χ3n) is 3.92. The van der Waals surface area contributed by atoms with E-state index in [1.165, 1.54) is 51.8 Å². The van der Waals surface area contributed by atoms with Crippen molar-refractivity contribution in [1.82, 2.24) is 0 Å². The fourth-order valence-electron chi connectivity index (χ4n) is 2.93. The van der Waals surface area contributed by atoms with Crippen LogP contribution in [0.5, 0.6) is 0 Å². The monoisotopic (exact) mass is 397 g/mol. The fraction of sp³-hybridized carbons (Fsp3) is 0.412. The SMILES string of the molecule is CCCc1ccc(NC2CCCc3sc(I)cc32)cc1. The predicted octanol–water partition coefficient (Wildman–Crippen LogP) is 5.79. The highest BCUT2D eigenvalue weighted by Gasteiger charge is 2.22. The minimum absolute atomic E-state index is 0.496. The van der Waals surface area contributed by atoms with Crippen LogP contribution in [0.3, 0.4) is 0 Å². The van der Waals surface area contributed by atoms with Gasteiger partial charge in [0.1, 0.15) is 0 Å². The van der Waals surface area contributed by atoms with Crippen LogP contribution in [0.25, 0.3) is 0 Å². The van der Waals surface area contributed by atoms with Crippen LogP contribution in [0.1, 0.15) is 48.2 Å². The fourth-order valence-corrected chi connectivity index (χ4v) is 5.05. The maximum Gasteiger partial charge on any atom is 0.0660 e. The number of fused-ring (bicyclic) bond motifs is 1. The van der Waals surface area contributed by atoms with Crippen LogP contribution in [0.2, 0.25) is 0 Å². The Morgan fingerprint density at radius 3 is 2.85 bits per heavy atom. The Balaban J connectivity index is 1.75. The minimum atomic E-state index is 0.496. The number of hydrogen-bond acceptors (Lipinski definition) is 2. The standard InChI is InChI=1S/C17H20INS/c1-2-4-12-7-9-13(10-8-12)19-15-5-3-6-16-14(15)11-17(18)20-16/h7-11,15,19H,2-6H2,1H3. The molecule has 1 aliphatic rings. The van der Waals surface area contributed by atoms with Crippen molar-refractivity contribution in [3.63, 3.8) is 0 Å². The van der Waals surface area contributed by atoms with E-state index in [9.17, 15) is 0 Å². The summed E-state index contributed by atoms with van der Waals surface area (Å²) < 4.78 is 1.42. The van der Waals surface area contributed by atoms with E-state index >= 15 is 0 Å². The number of anilines is 1. The quantitative estimate of drug-likeness (QED) is 0.644. The molecule has 0 bridgehead atoms. The van der Waals surface area contributed by atoms with E-state index in [1.54, 1.807) is 4.88 Å². The number of thiophene rings is 1. The molecule has 0 fully saturated rings. The zero-order valence-corrected chi connectivity index (χ0v) is 14.8. The van der Waals surface area contributed by atoms with Crippen molar-refractivity contribution in [3.05, 3.63) is 49.2 Å². The molecule has 1 N–H and O–H groups in total. The Hall–Kier alpha value is -0.550. The van der Waals surface area contributed by atoms with Crippen LogP contribution in [0.15, 0.2) is 30.3 Å². The van der Waals surface area contributed by atoms with E-state index in [4.69, 9.17) is 0 Å². The number of rotatable bonds is 4. The molecule has 0 radical (unpaired) electrons. The summed E-state index contributed by atoms with van der Waals surface area (Å²) in [6, 6.07) is 11.8. The van der Waals surface area contributed by atoms with E-state index in [-0.39, 0.29) is 0 Å². The minimum Gasteiger partial charge on any atom is -0.378 e. The topological polar surface area (TPSA) is 12.0 Å². The van der Waals surface area contributed by atoms with E-state index in [2.05, 4.69) is 65.2 Å². The van der Waals surface area contributed by atoms with Gasteiger partial charge in [0.05, 0.1) is 8.93 Å². The summed E-state index contributed by atoms with van der Waals surface area (Å²) in [4.78, 5) is 1.58. The first-order valence-electron chi connectivity index (χ1n) is 7.40. The van der Waals surface area contributed by atoms with Gasteiger partial charge in [-0.1, -0.05) is 25.5 Å². The molecule has 20 heavy (non-hydrogen) atoms. The molecule has 0 saturated carbocycles. The van der Waals surface area contributed by atoms with Gasteiger partial charge in [0.2, 0.25) is 0 Å². The lowest BCUT2D eigenvalue weighted by Gasteiger charge is -2.24. The second-order valence-corrected chi connectivity index (χ2v) is 8.50. The van der Waals surface area contributed by atoms with Gasteiger partial charge in [0, 0.05) is 10.6 Å². The van der Waals surface area contributed by atoms with Crippen LogP contribution >= 0.6 is 33.9 Å². The lowest BCUT2D eigenvalue weighted by molar-refractivity contribution is 0.609. The summed E-state index contributed by atoms with van der Waals surface area (Å²) >= 11 is 4.41. The molecule has 0 saturated heterocycles. The predicted molar refractivity (Wildman–Crippen MR) is 96.8 cm³/mol. The molecule has 3 heteroatoms. The first-order chi connectivity index (χ1) is 9.76. The average Bonchev–Trinajstić information content (AvgIpc) is 2.83. The average molecular weight is 397 g/mol. The van der Waals surface area contributed by atoms with Crippen molar-refractivity contribution in [2.75, 3.05) is 5.32 Å². The number of hydrogen-bond donors (Lipinski definition) is 1. The smallest absolute Gasteiger partial charge is 0.0660 e. The van der Waals surface area contributed by atoms with Gasteiger partial charge < -0.3 is 5.32 Å². The lowest BCUT2D eigenvalue weighted by atomic mass is 9.94. The lowest BCUT2D eigenvalue weighted by Crippen LogP contribution is -2.15. The second kappa shape index (κ2) is 6.48. The van der Waals surface area contributed by atoms with Gasteiger partial charge in [-0.2, -0.15) is 0 Å². The van der Waals surface area contributed by atoms with Crippen molar-refractivity contribution >= 4 is 39.6 Å². The summed E-state index contributed by atoms with van der Waals surface area (Å²) in [5.74, 6) is 0. The zero-order valence-electron chi connectivity index (χ0n) is 11.8. The highest BCUT2D eigenvalue weighted by atomic mass is 127. The van der Waals surface area contributed by atoms with Crippen molar-refractivity contribution in [2.24, 2.45) is 0 Å². The second-order valence-electron chi connectivity index (χ2n) is 5.47. The van der Waals surface area contributed by atoms with Crippen molar-refractivity contribution in [1.29, 1.82) is 0 Å². The Morgan fingerprint density at radius 2 is 2.10 bits per heavy atom. The Morgan fingerprint density at radius 1 is 1.30 bits per heavy atom. The Bertz CT molecular complexity index is 573. The molecule has 106 valence electrons. The van der Waals surface area contributed by atoms with Crippen LogP contribution in [0, 0.1) is 2.88 Å². The normalized spacial score (nSPS) is 17.8. The molecular formula is C17H20INS. The van der Waals surface area contributed by atoms with Gasteiger partial charge in [-0.05, 0) is 77.6 Å². The third kappa shape index (κ3) is 3.19. The molecule has 0 amide bonds. The number of nitrogens with one attached hydrogen (secondary N) is 1. The maximum absolute atomic E-state index is 3.72. The third-order valence-corrected chi connectivity index (χ3v) is 5.89. The van der Waals surface area contributed by atoms with Crippen molar-refractivity contribution in [2.45, 2.75) is 45.1 Å². The van der Waals surface area contributed by atoms with Crippen LogP contribution < -0.4 is 5.32 Å². The van der Waals surface area contributed by atoms with Crippen LogP contribution in [0.4, 0.5) is 5.69 Å². The molecule has 1 heterocycles. The molecule has 1 aliphatic carbocycles. The summed E-state index contributed by atoms with van der Waals surface area (Å²) in [6.45, 7) is 2.23.